The predicted molar refractivity (Wildman–Crippen MR) is 71.9 cm³/mol. The molecular formula is C14H10F3N3O. The fraction of sp³-hybridized carbons (Fsp3) is 0.143. The molecule has 0 aliphatic carbocycles. The zero-order chi connectivity index (χ0) is 15.2. The van der Waals surface area contributed by atoms with Crippen molar-refractivity contribution in [1.82, 2.24) is 15.2 Å². The van der Waals surface area contributed by atoms with Crippen molar-refractivity contribution >= 4 is 11.0 Å². The van der Waals surface area contributed by atoms with Gasteiger partial charge in [0, 0.05) is 5.69 Å². The Morgan fingerprint density at radius 1 is 1.14 bits per heavy atom. The molecule has 0 aliphatic rings. The maximum absolute atomic E-state index is 13.5. The van der Waals surface area contributed by atoms with E-state index in [2.05, 4.69) is 15.2 Å². The number of rotatable bonds is 1. The lowest BCUT2D eigenvalue weighted by Crippen LogP contribution is -2.18. The van der Waals surface area contributed by atoms with Crippen LogP contribution >= 0.6 is 0 Å². The van der Waals surface area contributed by atoms with E-state index in [1.165, 1.54) is 19.1 Å². The van der Waals surface area contributed by atoms with Crippen LogP contribution in [-0.4, -0.2) is 15.2 Å². The molecule has 3 aromatic rings. The number of nitrogens with zero attached hydrogens (tertiary/aromatic N) is 1. The molecule has 7 heteroatoms. The number of fused-ring (bicyclic) bond motifs is 1. The number of halogens is 3. The average Bonchev–Trinajstić information content (AvgIpc) is 2.78. The number of benzene rings is 1. The lowest BCUT2D eigenvalue weighted by Gasteiger charge is -2.13. The van der Waals surface area contributed by atoms with Gasteiger partial charge in [0.15, 0.2) is 5.65 Å². The third kappa shape index (κ3) is 2.10. The average molecular weight is 293 g/mol. The highest BCUT2D eigenvalue weighted by atomic mass is 19.4. The Morgan fingerprint density at radius 2 is 1.81 bits per heavy atom. The molecule has 0 unspecified atom stereocenters. The van der Waals surface area contributed by atoms with Gasteiger partial charge in [-0.1, -0.05) is 30.3 Å². The molecule has 0 fully saturated rings. The summed E-state index contributed by atoms with van der Waals surface area (Å²) in [5.74, 6) is 0. The molecule has 0 bridgehead atoms. The summed E-state index contributed by atoms with van der Waals surface area (Å²) in [5.41, 5.74) is -1.78. The number of pyridine rings is 1. The first-order valence-electron chi connectivity index (χ1n) is 6.13. The molecule has 0 saturated carbocycles. The zero-order valence-corrected chi connectivity index (χ0v) is 10.9. The van der Waals surface area contributed by atoms with Crippen LogP contribution in [0.25, 0.3) is 22.2 Å². The molecule has 2 aromatic heterocycles. The summed E-state index contributed by atoms with van der Waals surface area (Å²) in [5, 5.41) is 6.07. The maximum Gasteiger partial charge on any atom is 0.417 e. The molecule has 0 spiro atoms. The second kappa shape index (κ2) is 4.47. The quantitative estimate of drug-likeness (QED) is 0.723. The van der Waals surface area contributed by atoms with Gasteiger partial charge in [-0.2, -0.15) is 18.3 Å². The van der Waals surface area contributed by atoms with Gasteiger partial charge in [0.05, 0.1) is 16.5 Å². The standard InChI is InChI=1S/C14H10F3N3O/c1-7-9-11(14(15,16)17)10(8-5-3-2-4-6-8)13(21)18-12(9)20-19-7/h2-6H,1H3,(H2,18,19,20,21). The summed E-state index contributed by atoms with van der Waals surface area (Å²) in [7, 11) is 0. The van der Waals surface area contributed by atoms with E-state index < -0.39 is 17.3 Å². The Balaban J connectivity index is 2.52. The van der Waals surface area contributed by atoms with Gasteiger partial charge in [-0.05, 0) is 12.5 Å². The van der Waals surface area contributed by atoms with E-state index in [-0.39, 0.29) is 27.9 Å². The fourth-order valence-electron chi connectivity index (χ4n) is 2.40. The van der Waals surface area contributed by atoms with Gasteiger partial charge in [-0.3, -0.25) is 9.89 Å². The molecular weight excluding hydrogens is 283 g/mol. The fourth-order valence-corrected chi connectivity index (χ4v) is 2.40. The first kappa shape index (κ1) is 13.4. The number of aromatic amines is 2. The van der Waals surface area contributed by atoms with Crippen LogP contribution in [-0.2, 0) is 6.18 Å². The van der Waals surface area contributed by atoms with Gasteiger partial charge < -0.3 is 4.98 Å². The Bertz CT molecular complexity index is 863. The van der Waals surface area contributed by atoms with Crippen LogP contribution < -0.4 is 5.56 Å². The minimum atomic E-state index is -4.66. The summed E-state index contributed by atoms with van der Waals surface area (Å²) in [6.45, 7) is 1.48. The smallest absolute Gasteiger partial charge is 0.305 e. The second-order valence-electron chi connectivity index (χ2n) is 4.64. The summed E-state index contributed by atoms with van der Waals surface area (Å²) in [6.07, 6.45) is -4.66. The highest BCUT2D eigenvalue weighted by Gasteiger charge is 2.38. The number of alkyl halides is 3. The molecule has 0 saturated heterocycles. The van der Waals surface area contributed by atoms with Crippen molar-refractivity contribution in [2.24, 2.45) is 0 Å². The molecule has 0 aliphatic heterocycles. The van der Waals surface area contributed by atoms with E-state index in [0.717, 1.165) is 0 Å². The lowest BCUT2D eigenvalue weighted by atomic mass is 9.98. The van der Waals surface area contributed by atoms with Crippen molar-refractivity contribution in [3.8, 4) is 11.1 Å². The molecule has 3 rings (SSSR count). The second-order valence-corrected chi connectivity index (χ2v) is 4.64. The van der Waals surface area contributed by atoms with E-state index >= 15 is 0 Å². The monoisotopic (exact) mass is 293 g/mol. The molecule has 2 heterocycles. The van der Waals surface area contributed by atoms with Crippen LogP contribution in [0.3, 0.4) is 0 Å². The van der Waals surface area contributed by atoms with E-state index in [9.17, 15) is 18.0 Å². The van der Waals surface area contributed by atoms with Gasteiger partial charge in [0.1, 0.15) is 0 Å². The summed E-state index contributed by atoms with van der Waals surface area (Å²) in [4.78, 5) is 14.5. The Morgan fingerprint density at radius 3 is 2.43 bits per heavy atom. The van der Waals surface area contributed by atoms with Crippen LogP contribution in [0.1, 0.15) is 11.3 Å². The van der Waals surface area contributed by atoms with Gasteiger partial charge in [-0.25, -0.2) is 0 Å². The molecule has 0 atom stereocenters. The minimum absolute atomic E-state index is 0.0930. The summed E-state index contributed by atoms with van der Waals surface area (Å²) >= 11 is 0. The van der Waals surface area contributed by atoms with Crippen LogP contribution in [0.5, 0.6) is 0 Å². The largest absolute Gasteiger partial charge is 0.417 e. The van der Waals surface area contributed by atoms with E-state index in [4.69, 9.17) is 0 Å². The molecule has 1 aromatic carbocycles. The van der Waals surface area contributed by atoms with E-state index in [0.29, 0.717) is 0 Å². The third-order valence-electron chi connectivity index (χ3n) is 3.25. The van der Waals surface area contributed by atoms with Crippen molar-refractivity contribution in [3.63, 3.8) is 0 Å². The normalized spacial score (nSPS) is 12.0. The number of nitrogens with one attached hydrogen (secondary N) is 2. The third-order valence-corrected chi connectivity index (χ3v) is 3.25. The topological polar surface area (TPSA) is 61.5 Å². The first-order valence-corrected chi connectivity index (χ1v) is 6.13. The van der Waals surface area contributed by atoms with E-state index in [1.54, 1.807) is 18.2 Å². The van der Waals surface area contributed by atoms with E-state index in [1.807, 2.05) is 0 Å². The first-order chi connectivity index (χ1) is 9.89. The molecule has 0 radical (unpaired) electrons. The molecule has 2 N–H and O–H groups in total. The van der Waals surface area contributed by atoms with Crippen molar-refractivity contribution in [2.45, 2.75) is 13.1 Å². The highest BCUT2D eigenvalue weighted by Crippen LogP contribution is 2.39. The van der Waals surface area contributed by atoms with Gasteiger partial charge in [0.25, 0.3) is 5.56 Å². The van der Waals surface area contributed by atoms with Crippen LogP contribution in [0.4, 0.5) is 13.2 Å². The van der Waals surface area contributed by atoms with Gasteiger partial charge in [0.2, 0.25) is 0 Å². The SMILES string of the molecule is Cc1[nH]nc2[nH]c(=O)c(-c3ccccc3)c(C(F)(F)F)c12. The van der Waals surface area contributed by atoms with Crippen LogP contribution in [0.2, 0.25) is 0 Å². The maximum atomic E-state index is 13.5. The number of aryl methyl sites for hydroxylation is 1. The highest BCUT2D eigenvalue weighted by molar-refractivity contribution is 5.88. The van der Waals surface area contributed by atoms with Gasteiger partial charge in [-0.15, -0.1) is 0 Å². The molecule has 4 nitrogen and oxygen atoms in total. The van der Waals surface area contributed by atoms with Crippen molar-refractivity contribution in [3.05, 3.63) is 51.9 Å². The Kier molecular flexibility index (Phi) is 2.86. The van der Waals surface area contributed by atoms with Gasteiger partial charge >= 0.3 is 6.18 Å². The predicted octanol–water partition coefficient (Wildman–Crippen LogP) is 3.25. The number of aromatic nitrogens is 3. The minimum Gasteiger partial charge on any atom is -0.305 e. The number of hydrogen-bond acceptors (Lipinski definition) is 2. The summed E-state index contributed by atoms with van der Waals surface area (Å²) < 4.78 is 40.5. The number of H-pyrrole nitrogens is 2. The van der Waals surface area contributed by atoms with Crippen LogP contribution in [0, 0.1) is 6.92 Å². The summed E-state index contributed by atoms with van der Waals surface area (Å²) in [6, 6.07) is 7.79. The number of hydrogen-bond donors (Lipinski definition) is 2. The van der Waals surface area contributed by atoms with Crippen molar-refractivity contribution in [1.29, 1.82) is 0 Å². The zero-order valence-electron chi connectivity index (χ0n) is 10.9. The van der Waals surface area contributed by atoms with Crippen molar-refractivity contribution in [2.75, 3.05) is 0 Å². The lowest BCUT2D eigenvalue weighted by molar-refractivity contribution is -0.135. The Hall–Kier alpha value is -2.57. The van der Waals surface area contributed by atoms with Crippen molar-refractivity contribution < 1.29 is 13.2 Å². The molecule has 108 valence electrons. The van der Waals surface area contributed by atoms with Crippen LogP contribution in [0.15, 0.2) is 35.1 Å². The molecule has 0 amide bonds. The Labute approximate surface area is 116 Å². The molecule has 21 heavy (non-hydrogen) atoms.